The molecule has 0 saturated carbocycles. The summed E-state index contributed by atoms with van der Waals surface area (Å²) in [4.78, 5) is 16.9. The van der Waals surface area contributed by atoms with E-state index in [1.54, 1.807) is 0 Å². The van der Waals surface area contributed by atoms with Gasteiger partial charge in [-0.05, 0) is 49.8 Å². The summed E-state index contributed by atoms with van der Waals surface area (Å²) in [6.45, 7) is 5.21. The van der Waals surface area contributed by atoms with Gasteiger partial charge in [-0.25, -0.2) is 0 Å². The quantitative estimate of drug-likeness (QED) is 0.796. The number of hydrogen-bond acceptors (Lipinski definition) is 2. The van der Waals surface area contributed by atoms with Crippen LogP contribution in [0.25, 0.3) is 0 Å². The molecule has 3 nitrogen and oxygen atoms in total. The Bertz CT molecular complexity index is 648. The Balaban J connectivity index is 1.49. The molecule has 1 saturated heterocycles. The highest BCUT2D eigenvalue weighted by molar-refractivity contribution is 5.81. The van der Waals surface area contributed by atoms with E-state index in [9.17, 15) is 4.79 Å². The van der Waals surface area contributed by atoms with Crippen LogP contribution in [0.3, 0.4) is 0 Å². The molecule has 1 aliphatic rings. The van der Waals surface area contributed by atoms with E-state index in [0.717, 1.165) is 44.6 Å². The van der Waals surface area contributed by atoms with Crippen LogP contribution >= 0.6 is 0 Å². The van der Waals surface area contributed by atoms with Gasteiger partial charge in [-0.3, -0.25) is 4.79 Å². The van der Waals surface area contributed by atoms with Crippen LogP contribution in [-0.2, 0) is 11.2 Å². The summed E-state index contributed by atoms with van der Waals surface area (Å²) in [6.07, 6.45) is 3.35. The van der Waals surface area contributed by atoms with Gasteiger partial charge in [0, 0.05) is 25.3 Å². The maximum atomic E-state index is 12.7. The van der Waals surface area contributed by atoms with Crippen LogP contribution in [0, 0.1) is 5.92 Å². The molecule has 1 fully saturated rings. The highest BCUT2D eigenvalue weighted by atomic mass is 16.2. The topological polar surface area (TPSA) is 23.6 Å². The van der Waals surface area contributed by atoms with E-state index in [-0.39, 0.29) is 5.91 Å². The third-order valence-corrected chi connectivity index (χ3v) is 5.16. The second-order valence-electron chi connectivity index (χ2n) is 6.86. The van der Waals surface area contributed by atoms with E-state index in [1.807, 2.05) is 23.1 Å². The maximum Gasteiger partial charge on any atom is 0.242 e. The van der Waals surface area contributed by atoms with E-state index in [1.165, 1.54) is 5.56 Å². The number of para-hydroxylation sites is 1. The zero-order valence-corrected chi connectivity index (χ0v) is 15.1. The van der Waals surface area contributed by atoms with Crippen molar-refractivity contribution in [1.29, 1.82) is 0 Å². The van der Waals surface area contributed by atoms with Crippen LogP contribution < -0.4 is 4.90 Å². The fraction of sp³-hybridized carbons (Fsp3) is 0.409. The van der Waals surface area contributed by atoms with E-state index < -0.39 is 0 Å². The van der Waals surface area contributed by atoms with Crippen LogP contribution in [-0.4, -0.2) is 37.0 Å². The van der Waals surface area contributed by atoms with Crippen molar-refractivity contribution in [2.45, 2.75) is 26.2 Å². The Labute approximate surface area is 151 Å². The summed E-state index contributed by atoms with van der Waals surface area (Å²) in [6, 6.07) is 20.9. The number of likely N-dealkylation sites (N-methyl/N-ethyl adjacent to an activating group) is 1. The SMILES string of the molecule is CCN(CC(=O)N1CCC(Cc2ccccc2)CC1)c1ccccc1. The minimum Gasteiger partial charge on any atom is -0.362 e. The molecule has 132 valence electrons. The minimum atomic E-state index is 0.254. The van der Waals surface area contributed by atoms with Crippen LogP contribution in [0.4, 0.5) is 5.69 Å². The van der Waals surface area contributed by atoms with Gasteiger partial charge in [0.25, 0.3) is 0 Å². The lowest BCUT2D eigenvalue weighted by atomic mass is 9.90. The first-order valence-electron chi connectivity index (χ1n) is 9.38. The van der Waals surface area contributed by atoms with Crippen molar-refractivity contribution in [1.82, 2.24) is 4.90 Å². The molecular weight excluding hydrogens is 308 g/mol. The van der Waals surface area contributed by atoms with Crippen LogP contribution in [0.5, 0.6) is 0 Å². The van der Waals surface area contributed by atoms with Gasteiger partial charge < -0.3 is 9.80 Å². The molecule has 25 heavy (non-hydrogen) atoms. The molecule has 0 aromatic heterocycles. The van der Waals surface area contributed by atoms with Gasteiger partial charge in [0.05, 0.1) is 6.54 Å². The number of amides is 1. The predicted octanol–water partition coefficient (Wildman–Crippen LogP) is 3.99. The maximum absolute atomic E-state index is 12.7. The number of piperidine rings is 1. The molecule has 2 aromatic carbocycles. The molecule has 0 unspecified atom stereocenters. The van der Waals surface area contributed by atoms with E-state index >= 15 is 0 Å². The number of hydrogen-bond donors (Lipinski definition) is 0. The fourth-order valence-corrected chi connectivity index (χ4v) is 3.62. The number of carbonyl (C=O) groups excluding carboxylic acids is 1. The molecule has 0 spiro atoms. The van der Waals surface area contributed by atoms with Crippen molar-refractivity contribution in [3.05, 3.63) is 66.2 Å². The molecule has 0 aliphatic carbocycles. The number of likely N-dealkylation sites (tertiary alicyclic amines) is 1. The first-order valence-corrected chi connectivity index (χ1v) is 9.38. The molecule has 3 heteroatoms. The third-order valence-electron chi connectivity index (χ3n) is 5.16. The van der Waals surface area contributed by atoms with Crippen molar-refractivity contribution in [2.24, 2.45) is 5.92 Å². The third kappa shape index (κ3) is 4.85. The Morgan fingerprint density at radius 3 is 2.20 bits per heavy atom. The smallest absolute Gasteiger partial charge is 0.242 e. The first-order chi connectivity index (χ1) is 12.3. The number of rotatable bonds is 6. The van der Waals surface area contributed by atoms with E-state index in [4.69, 9.17) is 0 Å². The minimum absolute atomic E-state index is 0.254. The summed E-state index contributed by atoms with van der Waals surface area (Å²) >= 11 is 0. The molecule has 0 atom stereocenters. The zero-order valence-electron chi connectivity index (χ0n) is 15.1. The van der Waals surface area contributed by atoms with Crippen molar-refractivity contribution in [3.8, 4) is 0 Å². The summed E-state index contributed by atoms with van der Waals surface area (Å²) in [5, 5.41) is 0. The molecule has 3 rings (SSSR count). The Morgan fingerprint density at radius 1 is 1.00 bits per heavy atom. The molecular formula is C22H28N2O. The Hall–Kier alpha value is -2.29. The van der Waals surface area contributed by atoms with Gasteiger partial charge >= 0.3 is 0 Å². The molecule has 1 heterocycles. The molecule has 1 aliphatic heterocycles. The average molecular weight is 336 g/mol. The second-order valence-corrected chi connectivity index (χ2v) is 6.86. The predicted molar refractivity (Wildman–Crippen MR) is 104 cm³/mol. The van der Waals surface area contributed by atoms with Crippen LogP contribution in [0.15, 0.2) is 60.7 Å². The van der Waals surface area contributed by atoms with Crippen molar-refractivity contribution < 1.29 is 4.79 Å². The van der Waals surface area contributed by atoms with E-state index in [2.05, 4.69) is 54.3 Å². The number of anilines is 1. The van der Waals surface area contributed by atoms with Gasteiger partial charge in [-0.1, -0.05) is 48.5 Å². The summed E-state index contributed by atoms with van der Waals surface area (Å²) in [5.74, 6) is 0.951. The Morgan fingerprint density at radius 2 is 1.60 bits per heavy atom. The lowest BCUT2D eigenvalue weighted by Gasteiger charge is -2.34. The van der Waals surface area contributed by atoms with Gasteiger partial charge in [0.1, 0.15) is 0 Å². The second kappa shape index (κ2) is 8.70. The molecule has 2 aromatic rings. The van der Waals surface area contributed by atoms with Crippen molar-refractivity contribution >= 4 is 11.6 Å². The lowest BCUT2D eigenvalue weighted by Crippen LogP contribution is -2.44. The average Bonchev–Trinajstić information content (AvgIpc) is 2.68. The van der Waals surface area contributed by atoms with Crippen LogP contribution in [0.2, 0.25) is 0 Å². The molecule has 1 amide bonds. The highest BCUT2D eigenvalue weighted by Gasteiger charge is 2.24. The van der Waals surface area contributed by atoms with Crippen molar-refractivity contribution in [2.75, 3.05) is 31.1 Å². The number of benzene rings is 2. The number of nitrogens with zero attached hydrogens (tertiary/aromatic N) is 2. The van der Waals surface area contributed by atoms with Gasteiger partial charge in [0.2, 0.25) is 5.91 Å². The molecule has 0 bridgehead atoms. The molecule has 0 radical (unpaired) electrons. The Kier molecular flexibility index (Phi) is 6.10. The van der Waals surface area contributed by atoms with Gasteiger partial charge in [-0.2, -0.15) is 0 Å². The highest BCUT2D eigenvalue weighted by Crippen LogP contribution is 2.22. The summed E-state index contributed by atoms with van der Waals surface area (Å²) in [5.41, 5.74) is 2.53. The van der Waals surface area contributed by atoms with Gasteiger partial charge in [-0.15, -0.1) is 0 Å². The van der Waals surface area contributed by atoms with Crippen LogP contribution in [0.1, 0.15) is 25.3 Å². The standard InChI is InChI=1S/C22H28N2O/c1-2-23(21-11-7-4-8-12-21)18-22(25)24-15-13-20(14-16-24)17-19-9-5-3-6-10-19/h3-12,20H,2,13-18H2,1H3. The monoisotopic (exact) mass is 336 g/mol. The molecule has 0 N–H and O–H groups in total. The summed E-state index contributed by atoms with van der Waals surface area (Å²) in [7, 11) is 0. The van der Waals surface area contributed by atoms with E-state index in [0.29, 0.717) is 12.5 Å². The lowest BCUT2D eigenvalue weighted by molar-refractivity contribution is -0.131. The normalized spacial score (nSPS) is 15.2. The number of carbonyl (C=O) groups is 1. The van der Waals surface area contributed by atoms with Crippen molar-refractivity contribution in [3.63, 3.8) is 0 Å². The largest absolute Gasteiger partial charge is 0.362 e. The van der Waals surface area contributed by atoms with Gasteiger partial charge in [0.15, 0.2) is 0 Å². The zero-order chi connectivity index (χ0) is 17.5. The first kappa shape index (κ1) is 17.5. The summed E-state index contributed by atoms with van der Waals surface area (Å²) < 4.78 is 0. The fourth-order valence-electron chi connectivity index (χ4n) is 3.62.